The molecule has 1 aliphatic rings. The van der Waals surface area contributed by atoms with Gasteiger partial charge >= 0.3 is 0 Å². The van der Waals surface area contributed by atoms with E-state index in [1.807, 2.05) is 32.0 Å². The van der Waals surface area contributed by atoms with E-state index in [1.165, 1.54) is 5.56 Å². The molecule has 1 fully saturated rings. The first-order valence-electron chi connectivity index (χ1n) is 8.33. The van der Waals surface area contributed by atoms with Crippen LogP contribution in [0.3, 0.4) is 0 Å². The SMILES string of the molecule is CC1(C)OC[C@H](NCCCCCCO)[C@H](c2ccccc2)O1. The molecule has 2 atom stereocenters. The Bertz CT molecular complexity index is 422. The maximum Gasteiger partial charge on any atom is 0.163 e. The average molecular weight is 307 g/mol. The first kappa shape index (κ1) is 17.4. The molecule has 0 bridgehead atoms. The summed E-state index contributed by atoms with van der Waals surface area (Å²) in [6.07, 6.45) is 4.26. The third kappa shape index (κ3) is 5.36. The van der Waals surface area contributed by atoms with Crippen molar-refractivity contribution < 1.29 is 14.6 Å². The molecule has 0 radical (unpaired) electrons. The molecule has 0 spiro atoms. The number of nitrogens with one attached hydrogen (secondary N) is 1. The van der Waals surface area contributed by atoms with Gasteiger partial charge in [-0.3, -0.25) is 0 Å². The zero-order chi connectivity index (χ0) is 15.8. The molecule has 0 unspecified atom stereocenters. The van der Waals surface area contributed by atoms with Crippen molar-refractivity contribution in [1.29, 1.82) is 0 Å². The number of ether oxygens (including phenoxy) is 2. The summed E-state index contributed by atoms with van der Waals surface area (Å²) < 4.78 is 12.0. The minimum absolute atomic E-state index is 0.0161. The molecule has 2 rings (SSSR count). The van der Waals surface area contributed by atoms with Crippen LogP contribution in [-0.2, 0) is 9.47 Å². The van der Waals surface area contributed by atoms with Gasteiger partial charge in [-0.05, 0) is 38.8 Å². The summed E-state index contributed by atoms with van der Waals surface area (Å²) in [5, 5.41) is 12.4. The van der Waals surface area contributed by atoms with Gasteiger partial charge in [0.2, 0.25) is 0 Å². The lowest BCUT2D eigenvalue weighted by Crippen LogP contribution is -2.50. The summed E-state index contributed by atoms with van der Waals surface area (Å²) in [6, 6.07) is 10.5. The topological polar surface area (TPSA) is 50.7 Å². The van der Waals surface area contributed by atoms with Crippen molar-refractivity contribution in [2.45, 2.75) is 57.5 Å². The second-order valence-electron chi connectivity index (χ2n) is 6.36. The standard InChI is InChI=1S/C18H29NO3/c1-18(2)21-14-16(19-12-8-3-4-9-13-20)17(22-18)15-10-6-5-7-11-15/h5-7,10-11,16-17,19-20H,3-4,8-9,12-14H2,1-2H3/t16-,17-/m0/s1. The monoisotopic (exact) mass is 307 g/mol. The summed E-state index contributed by atoms with van der Waals surface area (Å²) >= 11 is 0. The number of unbranched alkanes of at least 4 members (excludes halogenated alkanes) is 3. The highest BCUT2D eigenvalue weighted by Gasteiger charge is 2.36. The third-order valence-corrected chi connectivity index (χ3v) is 4.01. The molecule has 0 amide bonds. The summed E-state index contributed by atoms with van der Waals surface area (Å²) in [4.78, 5) is 0. The van der Waals surface area contributed by atoms with Gasteiger partial charge in [0, 0.05) is 6.61 Å². The van der Waals surface area contributed by atoms with E-state index in [4.69, 9.17) is 14.6 Å². The molecule has 22 heavy (non-hydrogen) atoms. The van der Waals surface area contributed by atoms with Crippen molar-refractivity contribution in [1.82, 2.24) is 5.32 Å². The Labute approximate surface area is 133 Å². The number of aliphatic hydroxyl groups is 1. The van der Waals surface area contributed by atoms with Crippen LogP contribution in [0.1, 0.15) is 51.2 Å². The van der Waals surface area contributed by atoms with E-state index in [2.05, 4.69) is 17.4 Å². The Morgan fingerprint density at radius 2 is 1.86 bits per heavy atom. The molecule has 0 aromatic heterocycles. The van der Waals surface area contributed by atoms with Crippen LogP contribution < -0.4 is 5.32 Å². The van der Waals surface area contributed by atoms with Gasteiger partial charge in [0.25, 0.3) is 0 Å². The van der Waals surface area contributed by atoms with Crippen LogP contribution in [0.5, 0.6) is 0 Å². The summed E-state index contributed by atoms with van der Waals surface area (Å²) in [5.41, 5.74) is 1.19. The Kier molecular flexibility index (Phi) is 6.83. The van der Waals surface area contributed by atoms with E-state index >= 15 is 0 Å². The maximum absolute atomic E-state index is 8.79. The van der Waals surface area contributed by atoms with Crippen LogP contribution in [0.2, 0.25) is 0 Å². The molecule has 0 saturated carbocycles. The van der Waals surface area contributed by atoms with E-state index in [0.717, 1.165) is 32.2 Å². The van der Waals surface area contributed by atoms with E-state index in [0.29, 0.717) is 13.2 Å². The van der Waals surface area contributed by atoms with Crippen molar-refractivity contribution in [3.63, 3.8) is 0 Å². The van der Waals surface area contributed by atoms with E-state index in [9.17, 15) is 0 Å². The van der Waals surface area contributed by atoms with Gasteiger partial charge in [-0.15, -0.1) is 0 Å². The lowest BCUT2D eigenvalue weighted by atomic mass is 10.0. The number of benzene rings is 1. The van der Waals surface area contributed by atoms with Gasteiger partial charge < -0.3 is 19.9 Å². The predicted molar refractivity (Wildman–Crippen MR) is 87.6 cm³/mol. The van der Waals surface area contributed by atoms with Gasteiger partial charge in [-0.1, -0.05) is 43.2 Å². The van der Waals surface area contributed by atoms with Gasteiger partial charge in [0.05, 0.1) is 12.6 Å². The van der Waals surface area contributed by atoms with Crippen LogP contribution >= 0.6 is 0 Å². The predicted octanol–water partition coefficient (Wildman–Crippen LogP) is 3.02. The van der Waals surface area contributed by atoms with Gasteiger partial charge in [-0.2, -0.15) is 0 Å². The molecule has 1 heterocycles. The van der Waals surface area contributed by atoms with E-state index < -0.39 is 5.79 Å². The third-order valence-electron chi connectivity index (χ3n) is 4.01. The second-order valence-corrected chi connectivity index (χ2v) is 6.36. The summed E-state index contributed by atoms with van der Waals surface area (Å²) in [5.74, 6) is -0.542. The summed E-state index contributed by atoms with van der Waals surface area (Å²) in [7, 11) is 0. The lowest BCUT2D eigenvalue weighted by molar-refractivity contribution is -0.285. The number of hydrogen-bond acceptors (Lipinski definition) is 4. The first-order valence-corrected chi connectivity index (χ1v) is 8.33. The zero-order valence-corrected chi connectivity index (χ0v) is 13.8. The Hall–Kier alpha value is -0.940. The van der Waals surface area contributed by atoms with Crippen molar-refractivity contribution in [3.8, 4) is 0 Å². The van der Waals surface area contributed by atoms with E-state index in [1.54, 1.807) is 0 Å². The highest BCUT2D eigenvalue weighted by atomic mass is 16.7. The minimum atomic E-state index is -0.542. The molecule has 0 aliphatic carbocycles. The molecule has 2 N–H and O–H groups in total. The summed E-state index contributed by atoms with van der Waals surface area (Å²) in [6.45, 7) is 5.83. The van der Waals surface area contributed by atoms with Gasteiger partial charge in [-0.25, -0.2) is 0 Å². The number of rotatable bonds is 8. The highest BCUT2D eigenvalue weighted by molar-refractivity contribution is 5.20. The average Bonchev–Trinajstić information content (AvgIpc) is 2.52. The van der Waals surface area contributed by atoms with Crippen molar-refractivity contribution in [2.75, 3.05) is 19.8 Å². The molecule has 124 valence electrons. The fourth-order valence-electron chi connectivity index (χ4n) is 2.79. The minimum Gasteiger partial charge on any atom is -0.396 e. The van der Waals surface area contributed by atoms with Crippen molar-refractivity contribution in [3.05, 3.63) is 35.9 Å². The van der Waals surface area contributed by atoms with Crippen LogP contribution in [0, 0.1) is 0 Å². The van der Waals surface area contributed by atoms with Crippen LogP contribution in [0.15, 0.2) is 30.3 Å². The molecule has 4 nitrogen and oxygen atoms in total. The fourth-order valence-corrected chi connectivity index (χ4v) is 2.79. The highest BCUT2D eigenvalue weighted by Crippen LogP contribution is 2.32. The molecular formula is C18H29NO3. The quantitative estimate of drug-likeness (QED) is 0.725. The van der Waals surface area contributed by atoms with Crippen LogP contribution in [0.4, 0.5) is 0 Å². The first-order chi connectivity index (χ1) is 10.6. The maximum atomic E-state index is 8.79. The lowest BCUT2D eigenvalue weighted by Gasteiger charge is -2.41. The largest absolute Gasteiger partial charge is 0.396 e. The number of aliphatic hydroxyl groups excluding tert-OH is 1. The molecule has 1 saturated heterocycles. The zero-order valence-electron chi connectivity index (χ0n) is 13.8. The smallest absolute Gasteiger partial charge is 0.163 e. The Morgan fingerprint density at radius 1 is 1.14 bits per heavy atom. The van der Waals surface area contributed by atoms with Gasteiger partial charge in [0.15, 0.2) is 5.79 Å². The Morgan fingerprint density at radius 3 is 2.59 bits per heavy atom. The molecule has 1 aliphatic heterocycles. The second kappa shape index (κ2) is 8.63. The van der Waals surface area contributed by atoms with Crippen molar-refractivity contribution in [2.24, 2.45) is 0 Å². The van der Waals surface area contributed by atoms with Gasteiger partial charge in [0.1, 0.15) is 6.10 Å². The fraction of sp³-hybridized carbons (Fsp3) is 0.667. The van der Waals surface area contributed by atoms with Crippen molar-refractivity contribution >= 4 is 0 Å². The van der Waals surface area contributed by atoms with Crippen LogP contribution in [0.25, 0.3) is 0 Å². The molecule has 4 heteroatoms. The Balaban J connectivity index is 1.87. The normalized spacial score (nSPS) is 24.3. The molecule has 1 aromatic carbocycles. The molecule has 1 aromatic rings. The number of hydrogen-bond donors (Lipinski definition) is 2. The van der Waals surface area contributed by atoms with Crippen LogP contribution in [-0.4, -0.2) is 36.7 Å². The van der Waals surface area contributed by atoms with E-state index in [-0.39, 0.29) is 12.1 Å². The molecular weight excluding hydrogens is 278 g/mol.